The van der Waals surface area contributed by atoms with E-state index in [0.29, 0.717) is 18.2 Å². The summed E-state index contributed by atoms with van der Waals surface area (Å²) in [5.74, 6) is 0.604. The fourth-order valence-electron chi connectivity index (χ4n) is 2.79. The summed E-state index contributed by atoms with van der Waals surface area (Å²) >= 11 is 1.48. The maximum absolute atomic E-state index is 14.1. The second-order valence-electron chi connectivity index (χ2n) is 6.06. The van der Waals surface area contributed by atoms with Crippen molar-refractivity contribution in [2.24, 2.45) is 16.5 Å². The summed E-state index contributed by atoms with van der Waals surface area (Å²) in [5, 5.41) is 0.461. The predicted molar refractivity (Wildman–Crippen MR) is 101 cm³/mol. The molecule has 1 unspecified atom stereocenters. The zero-order valence-corrected chi connectivity index (χ0v) is 14.8. The van der Waals surface area contributed by atoms with Crippen LogP contribution in [0.1, 0.15) is 24.0 Å². The number of aryl methyl sites for hydroxylation is 1. The molecule has 0 amide bonds. The lowest BCUT2D eigenvalue weighted by Gasteiger charge is -2.29. The largest absolute Gasteiger partial charge is 0.490 e. The molecule has 0 spiro atoms. The number of thioether (sulfide) groups is 1. The molecule has 4 N–H and O–H groups in total. The van der Waals surface area contributed by atoms with Crippen LogP contribution in [0.3, 0.4) is 0 Å². The predicted octanol–water partition coefficient (Wildman–Crippen LogP) is 3.40. The van der Waals surface area contributed by atoms with E-state index >= 15 is 0 Å². The zero-order valence-electron chi connectivity index (χ0n) is 14.0. The Kier molecular flexibility index (Phi) is 5.60. The summed E-state index contributed by atoms with van der Waals surface area (Å²) in [5.41, 5.74) is 13.2. The monoisotopic (exact) mass is 359 g/mol. The van der Waals surface area contributed by atoms with Gasteiger partial charge in [-0.3, -0.25) is 0 Å². The lowest BCUT2D eigenvalue weighted by molar-refractivity contribution is 0.294. The van der Waals surface area contributed by atoms with Crippen LogP contribution in [0.5, 0.6) is 5.75 Å². The van der Waals surface area contributed by atoms with E-state index in [1.54, 1.807) is 12.1 Å². The number of ether oxygens (including phenoxy) is 1. The van der Waals surface area contributed by atoms with E-state index in [1.807, 2.05) is 18.2 Å². The molecule has 3 rings (SSSR count). The number of nitrogens with zero attached hydrogens (tertiary/aromatic N) is 1. The Morgan fingerprint density at radius 3 is 2.76 bits per heavy atom. The van der Waals surface area contributed by atoms with Crippen LogP contribution in [0, 0.1) is 5.82 Å². The van der Waals surface area contributed by atoms with Gasteiger partial charge in [0.2, 0.25) is 0 Å². The summed E-state index contributed by atoms with van der Waals surface area (Å²) in [4.78, 5) is 4.35. The molecule has 0 radical (unpaired) electrons. The van der Waals surface area contributed by atoms with Crippen molar-refractivity contribution in [1.82, 2.24) is 0 Å². The smallest absolute Gasteiger partial charge is 0.165 e. The van der Waals surface area contributed by atoms with Crippen LogP contribution in [-0.4, -0.2) is 17.5 Å². The summed E-state index contributed by atoms with van der Waals surface area (Å²) < 4.78 is 19.7. The van der Waals surface area contributed by atoms with E-state index in [9.17, 15) is 4.39 Å². The number of rotatable bonds is 6. The number of amidine groups is 1. The Balaban J connectivity index is 1.65. The van der Waals surface area contributed by atoms with Crippen LogP contribution >= 0.6 is 11.8 Å². The summed E-state index contributed by atoms with van der Waals surface area (Å²) in [6.45, 7) is 0.439. The van der Waals surface area contributed by atoms with Crippen LogP contribution in [0.25, 0.3) is 0 Å². The van der Waals surface area contributed by atoms with Gasteiger partial charge < -0.3 is 16.2 Å². The van der Waals surface area contributed by atoms with Gasteiger partial charge >= 0.3 is 0 Å². The normalized spacial score (nSPS) is 20.2. The standard InChI is InChI=1S/C19H22FN3OS/c20-16-9-8-15(19(22)10-12-25-18(21)23-19)13-17(16)24-11-4-7-14-5-2-1-3-6-14/h1-3,5-6,8-9,13H,4,7,10-12,22H2,(H2,21,23). The highest BCUT2D eigenvalue weighted by Crippen LogP contribution is 2.33. The van der Waals surface area contributed by atoms with Gasteiger partial charge in [-0.25, -0.2) is 9.38 Å². The molecule has 2 aromatic rings. The third kappa shape index (κ3) is 4.52. The third-order valence-corrected chi connectivity index (χ3v) is 4.98. The van der Waals surface area contributed by atoms with E-state index in [1.165, 1.54) is 23.4 Å². The highest BCUT2D eigenvalue weighted by molar-refractivity contribution is 8.13. The highest BCUT2D eigenvalue weighted by Gasteiger charge is 2.30. The fourth-order valence-corrected chi connectivity index (χ4v) is 3.64. The van der Waals surface area contributed by atoms with Gasteiger partial charge in [0.25, 0.3) is 0 Å². The molecule has 6 heteroatoms. The number of hydrogen-bond donors (Lipinski definition) is 2. The van der Waals surface area contributed by atoms with Gasteiger partial charge in [-0.05, 0) is 42.5 Å². The van der Waals surface area contributed by atoms with Crippen LogP contribution in [-0.2, 0) is 12.1 Å². The van der Waals surface area contributed by atoms with Gasteiger partial charge in [-0.15, -0.1) is 0 Å². The molecule has 2 aromatic carbocycles. The molecule has 0 aromatic heterocycles. The molecular formula is C19H22FN3OS. The first-order chi connectivity index (χ1) is 12.1. The molecule has 0 fully saturated rings. The molecule has 1 aliphatic rings. The molecule has 4 nitrogen and oxygen atoms in total. The molecule has 0 aliphatic carbocycles. The summed E-state index contributed by atoms with van der Waals surface area (Å²) in [7, 11) is 0. The molecule has 0 saturated heterocycles. The van der Waals surface area contributed by atoms with E-state index in [-0.39, 0.29) is 5.75 Å². The van der Waals surface area contributed by atoms with Crippen LogP contribution in [0.4, 0.5) is 4.39 Å². The van der Waals surface area contributed by atoms with Crippen molar-refractivity contribution in [1.29, 1.82) is 0 Å². The average molecular weight is 359 g/mol. The van der Waals surface area contributed by atoms with Crippen molar-refractivity contribution in [3.63, 3.8) is 0 Å². The van der Waals surface area contributed by atoms with E-state index in [0.717, 1.165) is 24.2 Å². The summed E-state index contributed by atoms with van der Waals surface area (Å²) in [6.07, 6.45) is 2.35. The van der Waals surface area contributed by atoms with Crippen molar-refractivity contribution in [2.75, 3.05) is 12.4 Å². The van der Waals surface area contributed by atoms with Crippen molar-refractivity contribution in [2.45, 2.75) is 24.9 Å². The molecular weight excluding hydrogens is 337 g/mol. The number of halogens is 1. The van der Waals surface area contributed by atoms with E-state index in [4.69, 9.17) is 16.2 Å². The maximum Gasteiger partial charge on any atom is 0.165 e. The third-order valence-electron chi connectivity index (χ3n) is 4.18. The molecule has 1 atom stereocenters. The first kappa shape index (κ1) is 17.8. The van der Waals surface area contributed by atoms with E-state index < -0.39 is 11.5 Å². The van der Waals surface area contributed by atoms with Crippen molar-refractivity contribution >= 4 is 16.9 Å². The SMILES string of the molecule is NC1=NC(N)(c2ccc(F)c(OCCCc3ccccc3)c2)CCS1. The highest BCUT2D eigenvalue weighted by atomic mass is 32.2. The minimum atomic E-state index is -0.912. The first-order valence-corrected chi connectivity index (χ1v) is 9.29. The topological polar surface area (TPSA) is 73.6 Å². The number of nitrogens with two attached hydrogens (primary N) is 2. The quantitative estimate of drug-likeness (QED) is 0.775. The van der Waals surface area contributed by atoms with Gasteiger partial charge in [0.05, 0.1) is 6.61 Å². The Labute approximate surface area is 151 Å². The second-order valence-corrected chi connectivity index (χ2v) is 7.17. The Hall–Kier alpha value is -2.05. The van der Waals surface area contributed by atoms with Crippen LogP contribution in [0.2, 0.25) is 0 Å². The molecule has 1 heterocycles. The van der Waals surface area contributed by atoms with Gasteiger partial charge in [0.1, 0.15) is 5.66 Å². The molecule has 132 valence electrons. The van der Waals surface area contributed by atoms with Gasteiger partial charge in [-0.1, -0.05) is 48.2 Å². The molecule has 1 aliphatic heterocycles. The number of aliphatic imine (C=N–C) groups is 1. The number of benzene rings is 2. The van der Waals surface area contributed by atoms with Gasteiger partial charge in [-0.2, -0.15) is 0 Å². The Morgan fingerprint density at radius 2 is 2.00 bits per heavy atom. The Bertz CT molecular complexity index is 754. The molecule has 0 saturated carbocycles. The van der Waals surface area contributed by atoms with Gasteiger partial charge in [0.15, 0.2) is 16.7 Å². The first-order valence-electron chi connectivity index (χ1n) is 8.30. The van der Waals surface area contributed by atoms with Crippen molar-refractivity contribution < 1.29 is 9.13 Å². The minimum Gasteiger partial charge on any atom is -0.490 e. The fraction of sp³-hybridized carbons (Fsp3) is 0.316. The minimum absolute atomic E-state index is 0.211. The van der Waals surface area contributed by atoms with Crippen molar-refractivity contribution in [3.8, 4) is 5.75 Å². The lowest BCUT2D eigenvalue weighted by Crippen LogP contribution is -2.39. The second kappa shape index (κ2) is 7.89. The summed E-state index contributed by atoms with van der Waals surface area (Å²) in [6, 6.07) is 14.8. The maximum atomic E-state index is 14.1. The van der Waals surface area contributed by atoms with Gasteiger partial charge in [0, 0.05) is 5.75 Å². The molecule has 0 bridgehead atoms. The average Bonchev–Trinajstić information content (AvgIpc) is 2.60. The Morgan fingerprint density at radius 1 is 1.20 bits per heavy atom. The van der Waals surface area contributed by atoms with Crippen molar-refractivity contribution in [3.05, 3.63) is 65.5 Å². The van der Waals surface area contributed by atoms with Crippen LogP contribution < -0.4 is 16.2 Å². The zero-order chi connectivity index (χ0) is 17.7. The number of hydrogen-bond acceptors (Lipinski definition) is 5. The van der Waals surface area contributed by atoms with E-state index in [2.05, 4.69) is 17.1 Å². The molecule has 25 heavy (non-hydrogen) atoms. The van der Waals surface area contributed by atoms with Crippen LogP contribution in [0.15, 0.2) is 53.5 Å². The lowest BCUT2D eigenvalue weighted by atomic mass is 9.97.